The second kappa shape index (κ2) is 6.26. The molecule has 1 aromatic heterocycles. The molecule has 0 bridgehead atoms. The first-order chi connectivity index (χ1) is 10.9. The molecule has 3 rings (SSSR count). The molecule has 0 spiro atoms. The van der Waals surface area contributed by atoms with E-state index in [2.05, 4.69) is 37.1 Å². The molecular formula is C14H11IN4O3S. The van der Waals surface area contributed by atoms with Gasteiger partial charge in [0.05, 0.1) is 11.9 Å². The molecule has 0 aliphatic heterocycles. The topological polar surface area (TPSA) is 100 Å². The van der Waals surface area contributed by atoms with Gasteiger partial charge in [0.1, 0.15) is 11.4 Å². The second-order valence-electron chi connectivity index (χ2n) is 4.63. The molecule has 1 heterocycles. The van der Waals surface area contributed by atoms with Crippen LogP contribution in [-0.4, -0.2) is 23.4 Å². The molecule has 9 heteroatoms. The van der Waals surface area contributed by atoms with Crippen LogP contribution in [-0.2, 0) is 10.3 Å². The summed E-state index contributed by atoms with van der Waals surface area (Å²) in [6.45, 7) is 0. The number of benzene rings is 2. The molecule has 0 atom stereocenters. The number of nitrogens with two attached hydrogens (primary N) is 1. The smallest absolute Gasteiger partial charge is 0.371 e. The van der Waals surface area contributed by atoms with Gasteiger partial charge in [0.2, 0.25) is 0 Å². The molecule has 0 aliphatic carbocycles. The van der Waals surface area contributed by atoms with Gasteiger partial charge in [-0.1, -0.05) is 11.3 Å². The van der Waals surface area contributed by atoms with Crippen molar-refractivity contribution in [2.24, 2.45) is 5.14 Å². The minimum Gasteiger partial charge on any atom is -0.371 e. The van der Waals surface area contributed by atoms with E-state index in [0.29, 0.717) is 5.69 Å². The molecule has 2 N–H and O–H groups in total. The van der Waals surface area contributed by atoms with E-state index in [0.717, 1.165) is 14.8 Å². The lowest BCUT2D eigenvalue weighted by atomic mass is 10.2. The molecule has 3 aromatic rings. The first-order valence-corrected chi connectivity index (χ1v) is 8.97. The van der Waals surface area contributed by atoms with Crippen LogP contribution in [0.3, 0.4) is 0 Å². The summed E-state index contributed by atoms with van der Waals surface area (Å²) in [5.41, 5.74) is 2.35. The molecule has 0 unspecified atom stereocenters. The molecule has 118 valence electrons. The summed E-state index contributed by atoms with van der Waals surface area (Å²) in [6.07, 6.45) is 1.79. The van der Waals surface area contributed by atoms with Crippen LogP contribution in [0.4, 0.5) is 0 Å². The minimum atomic E-state index is -4.02. The summed E-state index contributed by atoms with van der Waals surface area (Å²) in [5.74, 6) is 0.140. The average molecular weight is 442 g/mol. The average Bonchev–Trinajstić information content (AvgIpc) is 2.96. The summed E-state index contributed by atoms with van der Waals surface area (Å²) in [6, 6.07) is 14.2. The maximum absolute atomic E-state index is 10.9. The SMILES string of the molecule is NS(=O)(=O)Oc1ccc(-c2cn(-c3cccc(I)c3)nn2)cc1. The molecule has 0 saturated carbocycles. The third-order valence-electron chi connectivity index (χ3n) is 2.93. The number of halogens is 1. The van der Waals surface area contributed by atoms with Gasteiger partial charge in [-0.2, -0.15) is 13.6 Å². The highest BCUT2D eigenvalue weighted by Crippen LogP contribution is 2.22. The van der Waals surface area contributed by atoms with E-state index in [9.17, 15) is 8.42 Å². The van der Waals surface area contributed by atoms with Crippen LogP contribution >= 0.6 is 22.6 Å². The van der Waals surface area contributed by atoms with Crippen molar-refractivity contribution in [3.63, 3.8) is 0 Å². The first-order valence-electron chi connectivity index (χ1n) is 6.42. The van der Waals surface area contributed by atoms with Gasteiger partial charge in [-0.25, -0.2) is 4.68 Å². The lowest BCUT2D eigenvalue weighted by Gasteiger charge is -2.02. The Morgan fingerprint density at radius 1 is 1.13 bits per heavy atom. The van der Waals surface area contributed by atoms with Crippen LogP contribution in [0.1, 0.15) is 0 Å². The molecule has 0 radical (unpaired) electrons. The molecule has 23 heavy (non-hydrogen) atoms. The monoisotopic (exact) mass is 442 g/mol. The minimum absolute atomic E-state index is 0.140. The van der Waals surface area contributed by atoms with E-state index in [1.165, 1.54) is 12.1 Å². The van der Waals surface area contributed by atoms with Crippen LogP contribution < -0.4 is 9.32 Å². The summed E-state index contributed by atoms with van der Waals surface area (Å²) < 4.78 is 29.1. The van der Waals surface area contributed by atoms with Crippen LogP contribution in [0.2, 0.25) is 0 Å². The zero-order chi connectivity index (χ0) is 16.4. The van der Waals surface area contributed by atoms with Crippen molar-refractivity contribution in [2.45, 2.75) is 0 Å². The Labute approximate surface area is 146 Å². The van der Waals surface area contributed by atoms with Crippen molar-refractivity contribution < 1.29 is 12.6 Å². The molecule has 0 aliphatic rings. The van der Waals surface area contributed by atoms with Gasteiger partial charge in [0.25, 0.3) is 0 Å². The number of hydrogen-bond donors (Lipinski definition) is 1. The van der Waals surface area contributed by atoms with Crippen molar-refractivity contribution in [2.75, 3.05) is 0 Å². The van der Waals surface area contributed by atoms with E-state index < -0.39 is 10.3 Å². The zero-order valence-electron chi connectivity index (χ0n) is 11.6. The van der Waals surface area contributed by atoms with Crippen LogP contribution in [0.5, 0.6) is 5.75 Å². The zero-order valence-corrected chi connectivity index (χ0v) is 14.6. The Balaban J connectivity index is 1.86. The highest BCUT2D eigenvalue weighted by atomic mass is 127. The molecule has 0 fully saturated rings. The number of nitrogens with zero attached hydrogens (tertiary/aromatic N) is 3. The predicted octanol–water partition coefficient (Wildman–Crippen LogP) is 2.12. The van der Waals surface area contributed by atoms with Crippen molar-refractivity contribution in [1.82, 2.24) is 15.0 Å². The largest absolute Gasteiger partial charge is 0.380 e. The van der Waals surface area contributed by atoms with Gasteiger partial charge in [0, 0.05) is 9.13 Å². The van der Waals surface area contributed by atoms with Crippen molar-refractivity contribution in [3.05, 3.63) is 58.3 Å². The van der Waals surface area contributed by atoms with E-state index in [1.54, 1.807) is 23.0 Å². The maximum atomic E-state index is 10.9. The van der Waals surface area contributed by atoms with E-state index in [4.69, 9.17) is 5.14 Å². The van der Waals surface area contributed by atoms with Crippen LogP contribution in [0.15, 0.2) is 54.7 Å². The Hall–Kier alpha value is -1.98. The fraction of sp³-hybridized carbons (Fsp3) is 0. The van der Waals surface area contributed by atoms with Crippen LogP contribution in [0, 0.1) is 3.57 Å². The standard InChI is InChI=1S/C14H11IN4O3S/c15-11-2-1-3-12(8-11)19-9-14(17-18-19)10-4-6-13(7-5-10)22-23(16,20)21/h1-9H,(H2,16,20,21). The number of hydrogen-bond acceptors (Lipinski definition) is 5. The maximum Gasteiger partial charge on any atom is 0.380 e. The summed E-state index contributed by atoms with van der Waals surface area (Å²) in [7, 11) is -4.02. The predicted molar refractivity (Wildman–Crippen MR) is 93.2 cm³/mol. The van der Waals surface area contributed by atoms with Gasteiger partial charge in [-0.05, 0) is 65.1 Å². The Morgan fingerprint density at radius 2 is 1.87 bits per heavy atom. The fourth-order valence-corrected chi connectivity index (χ4v) is 2.86. The van der Waals surface area contributed by atoms with Gasteiger partial charge in [-0.3, -0.25) is 0 Å². The highest BCUT2D eigenvalue weighted by Gasteiger charge is 2.08. The molecule has 7 nitrogen and oxygen atoms in total. The molecule has 0 saturated heterocycles. The molecule has 2 aromatic carbocycles. The van der Waals surface area contributed by atoms with E-state index >= 15 is 0 Å². The van der Waals surface area contributed by atoms with E-state index in [-0.39, 0.29) is 5.75 Å². The third kappa shape index (κ3) is 4.06. The van der Waals surface area contributed by atoms with E-state index in [1.807, 2.05) is 24.3 Å². The van der Waals surface area contributed by atoms with Crippen LogP contribution in [0.25, 0.3) is 16.9 Å². The summed E-state index contributed by atoms with van der Waals surface area (Å²) in [5, 5.41) is 13.0. The first kappa shape index (κ1) is 15.9. The number of rotatable bonds is 4. The van der Waals surface area contributed by atoms with Gasteiger partial charge in [0.15, 0.2) is 0 Å². The van der Waals surface area contributed by atoms with Crippen molar-refractivity contribution >= 4 is 32.9 Å². The summed E-state index contributed by atoms with van der Waals surface area (Å²) in [4.78, 5) is 0. The molecule has 0 amide bonds. The van der Waals surface area contributed by atoms with Crippen molar-refractivity contribution in [3.8, 4) is 22.7 Å². The molecular weight excluding hydrogens is 431 g/mol. The Bertz CT molecular complexity index is 939. The van der Waals surface area contributed by atoms with Gasteiger partial charge >= 0.3 is 10.3 Å². The lowest BCUT2D eigenvalue weighted by Crippen LogP contribution is -2.18. The normalized spacial score (nSPS) is 11.4. The van der Waals surface area contributed by atoms with Gasteiger partial charge in [-0.15, -0.1) is 5.10 Å². The lowest BCUT2D eigenvalue weighted by molar-refractivity contribution is 0.488. The Kier molecular flexibility index (Phi) is 4.33. The Morgan fingerprint density at radius 3 is 2.52 bits per heavy atom. The fourth-order valence-electron chi connectivity index (χ4n) is 1.96. The summed E-state index contributed by atoms with van der Waals surface area (Å²) >= 11 is 2.23. The van der Waals surface area contributed by atoms with Gasteiger partial charge < -0.3 is 4.18 Å². The third-order valence-corrected chi connectivity index (χ3v) is 4.02. The number of aromatic nitrogens is 3. The quantitative estimate of drug-likeness (QED) is 0.624. The highest BCUT2D eigenvalue weighted by molar-refractivity contribution is 14.1. The second-order valence-corrected chi connectivity index (χ2v) is 7.03. The van der Waals surface area contributed by atoms with Crippen molar-refractivity contribution in [1.29, 1.82) is 0 Å².